The first kappa shape index (κ1) is 8.70. The lowest BCUT2D eigenvalue weighted by atomic mass is 10.1. The number of pyridine rings is 1. The number of aromatic nitrogens is 1. The SMILES string of the molecule is Cc1ccc2ccc(Br)nc2c1C. The van der Waals surface area contributed by atoms with Crippen molar-refractivity contribution in [2.24, 2.45) is 0 Å². The van der Waals surface area contributed by atoms with Gasteiger partial charge < -0.3 is 0 Å². The topological polar surface area (TPSA) is 12.9 Å². The summed E-state index contributed by atoms with van der Waals surface area (Å²) in [5.41, 5.74) is 3.64. The Bertz CT molecular complexity index is 458. The second-order valence-corrected chi connectivity index (χ2v) is 4.03. The first-order valence-electron chi connectivity index (χ1n) is 4.21. The van der Waals surface area contributed by atoms with E-state index in [1.54, 1.807) is 0 Å². The van der Waals surface area contributed by atoms with Gasteiger partial charge in [0.2, 0.25) is 0 Å². The molecule has 2 heteroatoms. The van der Waals surface area contributed by atoms with Gasteiger partial charge in [-0.15, -0.1) is 0 Å². The van der Waals surface area contributed by atoms with Gasteiger partial charge in [-0.2, -0.15) is 0 Å². The Morgan fingerprint density at radius 2 is 1.77 bits per heavy atom. The summed E-state index contributed by atoms with van der Waals surface area (Å²) >= 11 is 3.38. The van der Waals surface area contributed by atoms with E-state index in [9.17, 15) is 0 Å². The van der Waals surface area contributed by atoms with Gasteiger partial charge in [-0.25, -0.2) is 4.98 Å². The van der Waals surface area contributed by atoms with Crippen LogP contribution in [-0.2, 0) is 0 Å². The predicted molar refractivity (Wildman–Crippen MR) is 58.9 cm³/mol. The molecule has 0 N–H and O–H groups in total. The number of hydrogen-bond acceptors (Lipinski definition) is 1. The van der Waals surface area contributed by atoms with Crippen molar-refractivity contribution < 1.29 is 0 Å². The fourth-order valence-electron chi connectivity index (χ4n) is 1.41. The fraction of sp³-hybridized carbons (Fsp3) is 0.182. The monoisotopic (exact) mass is 235 g/mol. The van der Waals surface area contributed by atoms with Crippen LogP contribution in [-0.4, -0.2) is 4.98 Å². The zero-order valence-corrected chi connectivity index (χ0v) is 9.22. The van der Waals surface area contributed by atoms with E-state index in [0.29, 0.717) is 0 Å². The molecule has 0 aliphatic rings. The fourth-order valence-corrected chi connectivity index (χ4v) is 1.72. The van der Waals surface area contributed by atoms with Crippen LogP contribution in [0.4, 0.5) is 0 Å². The molecule has 0 aliphatic carbocycles. The van der Waals surface area contributed by atoms with Gasteiger partial charge in [0.15, 0.2) is 0 Å². The molecule has 0 aliphatic heterocycles. The van der Waals surface area contributed by atoms with Gasteiger partial charge in [0.05, 0.1) is 5.52 Å². The van der Waals surface area contributed by atoms with Crippen molar-refractivity contribution in [2.75, 3.05) is 0 Å². The van der Waals surface area contributed by atoms with Gasteiger partial charge in [0.25, 0.3) is 0 Å². The van der Waals surface area contributed by atoms with Crippen molar-refractivity contribution >= 4 is 26.8 Å². The standard InChI is InChI=1S/C11H10BrN/c1-7-3-4-9-5-6-10(12)13-11(9)8(7)2/h3-6H,1-2H3. The first-order valence-corrected chi connectivity index (χ1v) is 5.00. The van der Waals surface area contributed by atoms with Crippen molar-refractivity contribution in [1.29, 1.82) is 0 Å². The molecule has 1 aromatic carbocycles. The predicted octanol–water partition coefficient (Wildman–Crippen LogP) is 3.61. The summed E-state index contributed by atoms with van der Waals surface area (Å²) in [4.78, 5) is 4.45. The number of halogens is 1. The van der Waals surface area contributed by atoms with E-state index >= 15 is 0 Å². The second-order valence-electron chi connectivity index (χ2n) is 3.21. The molecule has 0 bridgehead atoms. The summed E-state index contributed by atoms with van der Waals surface area (Å²) in [6.07, 6.45) is 0. The van der Waals surface area contributed by atoms with Crippen LogP contribution in [0.25, 0.3) is 10.9 Å². The maximum absolute atomic E-state index is 4.45. The lowest BCUT2D eigenvalue weighted by Gasteiger charge is -2.04. The summed E-state index contributed by atoms with van der Waals surface area (Å²) in [6.45, 7) is 4.22. The van der Waals surface area contributed by atoms with Gasteiger partial charge in [-0.3, -0.25) is 0 Å². The molecule has 13 heavy (non-hydrogen) atoms. The van der Waals surface area contributed by atoms with Gasteiger partial charge in [0.1, 0.15) is 4.60 Å². The maximum Gasteiger partial charge on any atom is 0.106 e. The van der Waals surface area contributed by atoms with E-state index in [2.05, 4.69) is 53.0 Å². The minimum atomic E-state index is 0.897. The Morgan fingerprint density at radius 3 is 2.54 bits per heavy atom. The summed E-state index contributed by atoms with van der Waals surface area (Å²) in [5, 5.41) is 1.20. The molecule has 0 amide bonds. The highest BCUT2D eigenvalue weighted by Gasteiger charge is 2.01. The van der Waals surface area contributed by atoms with Gasteiger partial charge in [0, 0.05) is 5.39 Å². The molecule has 0 saturated carbocycles. The average Bonchev–Trinajstić information content (AvgIpc) is 2.12. The molecule has 66 valence electrons. The highest BCUT2D eigenvalue weighted by molar-refractivity contribution is 9.10. The normalized spacial score (nSPS) is 10.7. The van der Waals surface area contributed by atoms with E-state index in [1.165, 1.54) is 16.5 Å². The Balaban J connectivity index is 2.89. The molecule has 0 unspecified atom stereocenters. The van der Waals surface area contributed by atoms with Crippen LogP contribution in [0.15, 0.2) is 28.9 Å². The number of fused-ring (bicyclic) bond motifs is 1. The Hall–Kier alpha value is -0.890. The molecular formula is C11H10BrN. The maximum atomic E-state index is 4.45. The third-order valence-corrected chi connectivity index (χ3v) is 2.79. The van der Waals surface area contributed by atoms with Crippen LogP contribution < -0.4 is 0 Å². The summed E-state index contributed by atoms with van der Waals surface area (Å²) in [5.74, 6) is 0. The molecule has 0 radical (unpaired) electrons. The van der Waals surface area contributed by atoms with Gasteiger partial charge in [-0.05, 0) is 47.0 Å². The van der Waals surface area contributed by atoms with E-state index in [1.807, 2.05) is 6.07 Å². The van der Waals surface area contributed by atoms with E-state index < -0.39 is 0 Å². The number of hydrogen-bond donors (Lipinski definition) is 0. The Kier molecular flexibility index (Phi) is 2.08. The van der Waals surface area contributed by atoms with Crippen molar-refractivity contribution in [2.45, 2.75) is 13.8 Å². The molecule has 1 nitrogen and oxygen atoms in total. The van der Waals surface area contributed by atoms with Crippen molar-refractivity contribution in [3.05, 3.63) is 40.0 Å². The minimum Gasteiger partial charge on any atom is -0.241 e. The number of benzene rings is 1. The van der Waals surface area contributed by atoms with E-state index in [4.69, 9.17) is 0 Å². The second kappa shape index (κ2) is 3.11. The third-order valence-electron chi connectivity index (χ3n) is 2.35. The highest BCUT2D eigenvalue weighted by atomic mass is 79.9. The van der Waals surface area contributed by atoms with Gasteiger partial charge >= 0.3 is 0 Å². The Labute approximate surface area is 85.9 Å². The summed E-state index contributed by atoms with van der Waals surface area (Å²) in [7, 11) is 0. The molecule has 1 heterocycles. The molecule has 2 rings (SSSR count). The lowest BCUT2D eigenvalue weighted by Crippen LogP contribution is -1.87. The van der Waals surface area contributed by atoms with Crippen LogP contribution in [0.5, 0.6) is 0 Å². The minimum absolute atomic E-state index is 0.897. The van der Waals surface area contributed by atoms with Crippen LogP contribution in [0, 0.1) is 13.8 Å². The molecule has 2 aromatic rings. The molecule has 1 aromatic heterocycles. The number of nitrogens with zero attached hydrogens (tertiary/aromatic N) is 1. The molecule has 0 saturated heterocycles. The smallest absolute Gasteiger partial charge is 0.106 e. The zero-order chi connectivity index (χ0) is 9.42. The zero-order valence-electron chi connectivity index (χ0n) is 7.63. The molecule has 0 atom stereocenters. The molecule has 0 fully saturated rings. The van der Waals surface area contributed by atoms with E-state index in [-0.39, 0.29) is 0 Å². The van der Waals surface area contributed by atoms with Crippen molar-refractivity contribution in [1.82, 2.24) is 4.98 Å². The lowest BCUT2D eigenvalue weighted by molar-refractivity contribution is 1.29. The highest BCUT2D eigenvalue weighted by Crippen LogP contribution is 2.21. The van der Waals surface area contributed by atoms with Crippen LogP contribution >= 0.6 is 15.9 Å². The van der Waals surface area contributed by atoms with Crippen LogP contribution in [0.2, 0.25) is 0 Å². The van der Waals surface area contributed by atoms with E-state index in [0.717, 1.165) is 10.1 Å². The third kappa shape index (κ3) is 1.46. The van der Waals surface area contributed by atoms with Crippen LogP contribution in [0.3, 0.4) is 0 Å². The summed E-state index contributed by atoms with van der Waals surface area (Å²) in [6, 6.07) is 8.29. The number of rotatable bonds is 0. The molecule has 0 spiro atoms. The first-order chi connectivity index (χ1) is 6.18. The average molecular weight is 236 g/mol. The quantitative estimate of drug-likeness (QED) is 0.636. The largest absolute Gasteiger partial charge is 0.241 e. The Morgan fingerprint density at radius 1 is 1.08 bits per heavy atom. The van der Waals surface area contributed by atoms with Crippen LogP contribution in [0.1, 0.15) is 11.1 Å². The number of aryl methyl sites for hydroxylation is 2. The van der Waals surface area contributed by atoms with Gasteiger partial charge in [-0.1, -0.05) is 18.2 Å². The van der Waals surface area contributed by atoms with Crippen molar-refractivity contribution in [3.63, 3.8) is 0 Å². The molecular weight excluding hydrogens is 226 g/mol. The summed E-state index contributed by atoms with van der Waals surface area (Å²) < 4.78 is 0.897. The van der Waals surface area contributed by atoms with Crippen molar-refractivity contribution in [3.8, 4) is 0 Å².